The van der Waals surface area contributed by atoms with Crippen molar-refractivity contribution in [2.75, 3.05) is 24.7 Å². The molecule has 1 fully saturated rings. The zero-order valence-electron chi connectivity index (χ0n) is 16.6. The van der Waals surface area contributed by atoms with Gasteiger partial charge >= 0.3 is 0 Å². The first-order valence-corrected chi connectivity index (χ1v) is 12.0. The van der Waals surface area contributed by atoms with Crippen molar-refractivity contribution in [1.82, 2.24) is 14.1 Å². The van der Waals surface area contributed by atoms with Gasteiger partial charge in [-0.05, 0) is 25.0 Å². The number of thiophene rings is 1. The molecule has 2 aromatic rings. The van der Waals surface area contributed by atoms with E-state index in [1.807, 2.05) is 44.9 Å². The third-order valence-electron chi connectivity index (χ3n) is 4.75. The lowest BCUT2D eigenvalue weighted by atomic mass is 9.96. The molecule has 7 nitrogen and oxygen atoms in total. The van der Waals surface area contributed by atoms with E-state index in [2.05, 4.69) is 5.10 Å². The molecule has 28 heavy (non-hydrogen) atoms. The summed E-state index contributed by atoms with van der Waals surface area (Å²) in [4.78, 5) is 14.9. The van der Waals surface area contributed by atoms with Crippen molar-refractivity contribution in [2.45, 2.75) is 39.7 Å². The number of carbonyl (C=O) groups excluding carboxylic acids is 1. The molecule has 10 heteroatoms. The van der Waals surface area contributed by atoms with Gasteiger partial charge in [-0.1, -0.05) is 32.4 Å². The Morgan fingerprint density at radius 2 is 2.04 bits per heavy atom. The molecule has 1 unspecified atom stereocenters. The SMILES string of the molecule is CN(c1ccc(Cl)s1)c1cc(C2CCCN2S(C)(=O)=O)nn1C(=O)C(C)(C)C. The third kappa shape index (κ3) is 4.12. The normalized spacial score (nSPS) is 18.6. The number of hydrogen-bond donors (Lipinski definition) is 0. The molecule has 1 atom stereocenters. The van der Waals surface area contributed by atoms with Gasteiger partial charge in [-0.2, -0.15) is 14.1 Å². The molecule has 0 amide bonds. The predicted molar refractivity (Wildman–Crippen MR) is 113 cm³/mol. The number of carbonyl (C=O) groups is 1. The molecule has 0 radical (unpaired) electrons. The molecule has 0 saturated carbocycles. The maximum absolute atomic E-state index is 13.1. The van der Waals surface area contributed by atoms with Gasteiger partial charge in [0.2, 0.25) is 10.0 Å². The Hall–Kier alpha value is -1.42. The molecule has 0 aromatic carbocycles. The molecule has 0 N–H and O–H groups in total. The molecule has 3 heterocycles. The van der Waals surface area contributed by atoms with Crippen LogP contribution >= 0.6 is 22.9 Å². The van der Waals surface area contributed by atoms with Crippen LogP contribution in [0.5, 0.6) is 0 Å². The minimum atomic E-state index is -3.35. The summed E-state index contributed by atoms with van der Waals surface area (Å²) < 4.78 is 27.8. The number of aromatic nitrogens is 2. The van der Waals surface area contributed by atoms with E-state index in [0.717, 1.165) is 11.4 Å². The van der Waals surface area contributed by atoms with Crippen molar-refractivity contribution >= 4 is 49.7 Å². The van der Waals surface area contributed by atoms with Gasteiger partial charge in [0.05, 0.1) is 27.3 Å². The number of sulfonamides is 1. The van der Waals surface area contributed by atoms with Crippen LogP contribution < -0.4 is 4.90 Å². The van der Waals surface area contributed by atoms with Gasteiger partial charge in [0.1, 0.15) is 5.82 Å². The van der Waals surface area contributed by atoms with Crippen molar-refractivity contribution in [3.63, 3.8) is 0 Å². The monoisotopic (exact) mass is 444 g/mol. The lowest BCUT2D eigenvalue weighted by Crippen LogP contribution is -2.31. The summed E-state index contributed by atoms with van der Waals surface area (Å²) in [6.45, 7) is 5.97. The first kappa shape index (κ1) is 21.3. The number of hydrogen-bond acceptors (Lipinski definition) is 6. The molecular formula is C18H25ClN4O3S2. The predicted octanol–water partition coefficient (Wildman–Crippen LogP) is 4.15. The number of anilines is 2. The Bertz CT molecular complexity index is 991. The largest absolute Gasteiger partial charge is 0.321 e. The van der Waals surface area contributed by atoms with Crippen molar-refractivity contribution in [2.24, 2.45) is 5.41 Å². The van der Waals surface area contributed by atoms with Gasteiger partial charge in [0, 0.05) is 25.1 Å². The molecule has 1 aliphatic rings. The van der Waals surface area contributed by atoms with E-state index in [1.165, 1.54) is 26.6 Å². The van der Waals surface area contributed by atoms with E-state index in [-0.39, 0.29) is 11.9 Å². The fraction of sp³-hybridized carbons (Fsp3) is 0.556. The molecule has 1 aliphatic heterocycles. The van der Waals surface area contributed by atoms with E-state index < -0.39 is 15.4 Å². The van der Waals surface area contributed by atoms with Crippen LogP contribution in [0.15, 0.2) is 18.2 Å². The summed E-state index contributed by atoms with van der Waals surface area (Å²) in [7, 11) is -1.51. The minimum absolute atomic E-state index is 0.160. The quantitative estimate of drug-likeness (QED) is 0.708. The molecule has 1 saturated heterocycles. The standard InChI is InChI=1S/C18H25ClN4O3S2/c1-18(2,3)17(24)23-15(21(4)16-9-8-14(19)27-16)11-12(20-23)13-7-6-10-22(13)28(5,25)26/h8-9,11,13H,6-7,10H2,1-5H3. The fourth-order valence-corrected chi connectivity index (χ4v) is 5.43. The highest BCUT2D eigenvalue weighted by Gasteiger charge is 2.36. The van der Waals surface area contributed by atoms with Crippen LogP contribution in [0.25, 0.3) is 0 Å². The van der Waals surface area contributed by atoms with Gasteiger partial charge < -0.3 is 4.90 Å². The van der Waals surface area contributed by atoms with Crippen LogP contribution in [-0.4, -0.2) is 48.3 Å². The summed E-state index contributed by atoms with van der Waals surface area (Å²) in [5, 5.41) is 5.43. The molecule has 3 rings (SSSR count). The number of rotatable bonds is 4. The average molecular weight is 445 g/mol. The van der Waals surface area contributed by atoms with Crippen LogP contribution in [-0.2, 0) is 10.0 Å². The van der Waals surface area contributed by atoms with Gasteiger partial charge in [-0.25, -0.2) is 8.42 Å². The average Bonchev–Trinajstić information content (AvgIpc) is 3.30. The van der Waals surface area contributed by atoms with Crippen LogP contribution in [0.3, 0.4) is 0 Å². The summed E-state index contributed by atoms with van der Waals surface area (Å²) in [5.74, 6) is 0.431. The lowest BCUT2D eigenvalue weighted by molar-refractivity contribution is 0.0750. The highest BCUT2D eigenvalue weighted by Crippen LogP contribution is 2.38. The van der Waals surface area contributed by atoms with E-state index in [9.17, 15) is 13.2 Å². The highest BCUT2D eigenvalue weighted by atomic mass is 35.5. The zero-order valence-corrected chi connectivity index (χ0v) is 19.0. The summed E-state index contributed by atoms with van der Waals surface area (Å²) in [5.41, 5.74) is -0.0527. The van der Waals surface area contributed by atoms with E-state index >= 15 is 0 Å². The van der Waals surface area contributed by atoms with Crippen molar-refractivity contribution in [3.05, 3.63) is 28.2 Å². The molecule has 0 spiro atoms. The van der Waals surface area contributed by atoms with Gasteiger partial charge in [0.15, 0.2) is 0 Å². The number of halogens is 1. The topological polar surface area (TPSA) is 75.5 Å². The molecule has 154 valence electrons. The van der Waals surface area contributed by atoms with Gasteiger partial charge in [-0.3, -0.25) is 4.79 Å². The Kier molecular flexibility index (Phi) is 5.66. The second-order valence-electron chi connectivity index (χ2n) is 8.06. The third-order valence-corrected chi connectivity index (χ3v) is 7.34. The molecule has 0 aliphatic carbocycles. The van der Waals surface area contributed by atoms with Crippen LogP contribution in [0.2, 0.25) is 4.34 Å². The smallest absolute Gasteiger partial charge is 0.254 e. The second kappa shape index (κ2) is 7.44. The molecular weight excluding hydrogens is 420 g/mol. The fourth-order valence-electron chi connectivity index (χ4n) is 3.29. The summed E-state index contributed by atoms with van der Waals surface area (Å²) in [6.07, 6.45) is 2.66. The Balaban J connectivity index is 2.09. The first-order valence-electron chi connectivity index (χ1n) is 9.00. The van der Waals surface area contributed by atoms with Crippen molar-refractivity contribution in [1.29, 1.82) is 0 Å². The van der Waals surface area contributed by atoms with Crippen LogP contribution in [0, 0.1) is 5.41 Å². The highest BCUT2D eigenvalue weighted by molar-refractivity contribution is 7.88. The van der Waals surface area contributed by atoms with E-state index in [1.54, 1.807) is 6.07 Å². The molecule has 0 bridgehead atoms. The Morgan fingerprint density at radius 1 is 1.36 bits per heavy atom. The summed E-state index contributed by atoms with van der Waals surface area (Å²) in [6, 6.07) is 5.13. The van der Waals surface area contributed by atoms with Gasteiger partial charge in [0.25, 0.3) is 5.91 Å². The molecule has 2 aromatic heterocycles. The first-order chi connectivity index (χ1) is 12.9. The maximum Gasteiger partial charge on any atom is 0.254 e. The van der Waals surface area contributed by atoms with Crippen molar-refractivity contribution < 1.29 is 13.2 Å². The van der Waals surface area contributed by atoms with Gasteiger partial charge in [-0.15, -0.1) is 11.3 Å². The minimum Gasteiger partial charge on any atom is -0.321 e. The summed E-state index contributed by atoms with van der Waals surface area (Å²) >= 11 is 7.47. The zero-order chi connectivity index (χ0) is 20.9. The lowest BCUT2D eigenvalue weighted by Gasteiger charge is -2.22. The van der Waals surface area contributed by atoms with Crippen LogP contribution in [0.4, 0.5) is 10.8 Å². The van der Waals surface area contributed by atoms with E-state index in [0.29, 0.717) is 28.8 Å². The maximum atomic E-state index is 13.1. The van der Waals surface area contributed by atoms with Crippen LogP contribution in [0.1, 0.15) is 50.1 Å². The number of nitrogens with zero attached hydrogens (tertiary/aromatic N) is 4. The Labute approximate surface area is 174 Å². The van der Waals surface area contributed by atoms with Crippen molar-refractivity contribution in [3.8, 4) is 0 Å². The second-order valence-corrected chi connectivity index (χ2v) is 11.7. The Morgan fingerprint density at radius 3 is 2.57 bits per heavy atom. The van der Waals surface area contributed by atoms with E-state index in [4.69, 9.17) is 11.6 Å².